The van der Waals surface area contributed by atoms with E-state index in [1.54, 1.807) is 65.6 Å². The highest BCUT2D eigenvalue weighted by molar-refractivity contribution is 8.27. The molecule has 0 aliphatic carbocycles. The number of thioether (sulfide) groups is 2. The third kappa shape index (κ3) is 8.14. The van der Waals surface area contributed by atoms with Crippen LogP contribution in [0.1, 0.15) is 45.1 Å². The fourth-order valence-corrected chi connectivity index (χ4v) is 7.39. The summed E-state index contributed by atoms with van der Waals surface area (Å²) in [6.45, 7) is 0.644. The number of carboxylic acids is 1. The molecule has 0 unspecified atom stereocenters. The highest BCUT2D eigenvalue weighted by Gasteiger charge is 2.29. The summed E-state index contributed by atoms with van der Waals surface area (Å²) in [6, 6.07) is 20.6. The van der Waals surface area contributed by atoms with Crippen LogP contribution in [0.3, 0.4) is 0 Å². The van der Waals surface area contributed by atoms with Crippen LogP contribution >= 0.6 is 48.0 Å². The summed E-state index contributed by atoms with van der Waals surface area (Å²) in [6.07, 6.45) is 4.98. The Morgan fingerprint density at radius 2 is 1.34 bits per heavy atom. The Balaban J connectivity index is 0.000000178. The molecule has 5 heterocycles. The number of nitrogens with one attached hydrogen (secondary N) is 2. The van der Waals surface area contributed by atoms with Crippen molar-refractivity contribution in [2.24, 2.45) is 0 Å². The van der Waals surface area contributed by atoms with Crippen molar-refractivity contribution in [3.63, 3.8) is 0 Å². The maximum absolute atomic E-state index is 12.8. The smallest absolute Gasteiger partial charge is 0.335 e. The molecule has 50 heavy (non-hydrogen) atoms. The van der Waals surface area contributed by atoms with Crippen LogP contribution in [0.4, 0.5) is 0 Å². The van der Waals surface area contributed by atoms with E-state index in [9.17, 15) is 24.3 Å². The normalized spacial score (nSPS) is 18.7. The molecule has 4 aromatic rings. The van der Waals surface area contributed by atoms with Gasteiger partial charge >= 0.3 is 5.97 Å². The predicted octanol–water partition coefficient (Wildman–Crippen LogP) is 6.17. The number of aliphatic hydroxyl groups excluding tert-OH is 1. The van der Waals surface area contributed by atoms with Crippen molar-refractivity contribution >= 4 is 92.4 Å². The summed E-state index contributed by atoms with van der Waals surface area (Å²) in [5.41, 5.74) is 2.17. The van der Waals surface area contributed by atoms with Crippen molar-refractivity contribution in [1.82, 2.24) is 15.5 Å². The Morgan fingerprint density at radius 1 is 0.820 bits per heavy atom. The highest BCUT2D eigenvalue weighted by atomic mass is 32.2. The van der Waals surface area contributed by atoms with Crippen molar-refractivity contribution in [3.8, 4) is 22.6 Å². The monoisotopic (exact) mass is 745 g/mol. The Hall–Kier alpha value is -4.80. The molecular weight excluding hydrogens is 719 g/mol. The van der Waals surface area contributed by atoms with E-state index in [0.717, 1.165) is 18.4 Å². The minimum atomic E-state index is -0.997. The van der Waals surface area contributed by atoms with E-state index in [-0.39, 0.29) is 35.9 Å². The number of hydrogen-bond donors (Lipinski definition) is 4. The van der Waals surface area contributed by atoms with Crippen LogP contribution in [0, 0.1) is 0 Å². The second-order valence-electron chi connectivity index (χ2n) is 11.1. The molecule has 3 saturated heterocycles. The number of likely N-dealkylation sites (tertiary alicyclic amines) is 1. The van der Waals surface area contributed by atoms with E-state index >= 15 is 0 Å². The van der Waals surface area contributed by atoms with Crippen LogP contribution in [0.15, 0.2) is 91.4 Å². The Labute approximate surface area is 304 Å². The first kappa shape index (κ1) is 35.0. The van der Waals surface area contributed by atoms with Gasteiger partial charge in [-0.3, -0.25) is 14.4 Å². The molecule has 3 fully saturated rings. The molecule has 7 rings (SSSR count). The molecule has 15 heteroatoms. The molecule has 0 saturated carbocycles. The molecule has 3 amide bonds. The van der Waals surface area contributed by atoms with Crippen molar-refractivity contribution < 1.29 is 38.2 Å². The average Bonchev–Trinajstić information content (AvgIpc) is 3.95. The Kier molecular flexibility index (Phi) is 10.8. The molecule has 11 nitrogen and oxygen atoms in total. The Morgan fingerprint density at radius 3 is 1.82 bits per heavy atom. The molecule has 0 bridgehead atoms. The molecule has 3 aliphatic rings. The maximum atomic E-state index is 12.8. The second kappa shape index (κ2) is 15.4. The zero-order valence-electron chi connectivity index (χ0n) is 25.9. The van der Waals surface area contributed by atoms with E-state index in [0.29, 0.717) is 59.2 Å². The molecule has 0 spiro atoms. The molecule has 2 aromatic carbocycles. The van der Waals surface area contributed by atoms with Crippen LogP contribution in [-0.2, 0) is 9.59 Å². The largest absolute Gasteiger partial charge is 0.478 e. The van der Waals surface area contributed by atoms with Gasteiger partial charge in [0.05, 0.1) is 28.0 Å². The molecule has 0 radical (unpaired) electrons. The SMILES string of the molecule is O=C1NC(=S)S/C1=C\c1ccc(-c2cccc(C(=O)N3CCC[C@H]3CO)c2)o1.O=C1NC(=S)S/C1=C\c1ccc(-c2cccc(C(=O)O)c2)o1. The lowest BCUT2D eigenvalue weighted by Crippen LogP contribution is -2.37. The molecule has 1 atom stereocenters. The van der Waals surface area contributed by atoms with Gasteiger partial charge in [-0.25, -0.2) is 4.79 Å². The summed E-state index contributed by atoms with van der Waals surface area (Å²) in [5.74, 6) is 0.606. The van der Waals surface area contributed by atoms with Crippen LogP contribution in [0.2, 0.25) is 0 Å². The van der Waals surface area contributed by atoms with Crippen LogP contribution in [0.25, 0.3) is 34.8 Å². The van der Waals surface area contributed by atoms with Crippen LogP contribution in [0.5, 0.6) is 0 Å². The summed E-state index contributed by atoms with van der Waals surface area (Å²) >= 11 is 12.3. The van der Waals surface area contributed by atoms with E-state index < -0.39 is 5.97 Å². The number of rotatable bonds is 7. The van der Waals surface area contributed by atoms with E-state index in [1.165, 1.54) is 35.7 Å². The second-order valence-corrected chi connectivity index (χ2v) is 14.5. The highest BCUT2D eigenvalue weighted by Crippen LogP contribution is 2.31. The first-order valence-electron chi connectivity index (χ1n) is 15.1. The summed E-state index contributed by atoms with van der Waals surface area (Å²) in [4.78, 5) is 49.8. The number of amides is 3. The lowest BCUT2D eigenvalue weighted by atomic mass is 10.1. The first-order chi connectivity index (χ1) is 24.1. The van der Waals surface area contributed by atoms with Gasteiger partial charge in [0.2, 0.25) is 0 Å². The number of aliphatic hydroxyl groups is 1. The lowest BCUT2D eigenvalue weighted by molar-refractivity contribution is -0.116. The van der Waals surface area contributed by atoms with Crippen LogP contribution in [-0.4, -0.2) is 66.6 Å². The lowest BCUT2D eigenvalue weighted by Gasteiger charge is -2.23. The van der Waals surface area contributed by atoms with Gasteiger partial charge in [-0.2, -0.15) is 0 Å². The number of aromatic carboxylic acids is 1. The number of carbonyl (C=O) groups is 4. The molecule has 4 N–H and O–H groups in total. The number of thiocarbonyl (C=S) groups is 2. The number of benzene rings is 2. The molecule has 2 aromatic heterocycles. The van der Waals surface area contributed by atoms with Gasteiger partial charge < -0.3 is 34.6 Å². The summed E-state index contributed by atoms with van der Waals surface area (Å²) < 4.78 is 12.3. The first-order valence-corrected chi connectivity index (χ1v) is 17.6. The number of furan rings is 2. The van der Waals surface area contributed by atoms with Gasteiger partial charge in [-0.05, 0) is 61.4 Å². The van der Waals surface area contributed by atoms with Crippen molar-refractivity contribution in [1.29, 1.82) is 0 Å². The fraction of sp³-hybridized carbons (Fsp3) is 0.143. The third-order valence-corrected chi connectivity index (χ3v) is 10.0. The van der Waals surface area contributed by atoms with Gasteiger partial charge in [0.15, 0.2) is 0 Å². The predicted molar refractivity (Wildman–Crippen MR) is 199 cm³/mol. The maximum Gasteiger partial charge on any atom is 0.335 e. The quantitative estimate of drug-likeness (QED) is 0.126. The number of carbonyl (C=O) groups excluding carboxylic acids is 3. The van der Waals surface area contributed by atoms with Gasteiger partial charge in [0.1, 0.15) is 31.7 Å². The van der Waals surface area contributed by atoms with Gasteiger partial charge in [-0.15, -0.1) is 0 Å². The van der Waals surface area contributed by atoms with Crippen molar-refractivity contribution in [3.05, 3.63) is 105 Å². The van der Waals surface area contributed by atoms with Gasteiger partial charge in [0.25, 0.3) is 17.7 Å². The number of nitrogens with zero attached hydrogens (tertiary/aromatic N) is 1. The minimum absolute atomic E-state index is 0.0172. The number of hydrogen-bond acceptors (Lipinski definition) is 11. The van der Waals surface area contributed by atoms with Crippen LogP contribution < -0.4 is 10.6 Å². The van der Waals surface area contributed by atoms with Crippen molar-refractivity contribution in [2.75, 3.05) is 13.2 Å². The molecular formula is C35H27N3O8S4. The zero-order valence-corrected chi connectivity index (χ0v) is 29.2. The zero-order chi connectivity index (χ0) is 35.4. The molecule has 254 valence electrons. The topological polar surface area (TPSA) is 162 Å². The van der Waals surface area contributed by atoms with Gasteiger partial charge in [0, 0.05) is 35.4 Å². The standard InChI is InChI=1S/C20H18N2O4S2.C15H9NO4S2/c23-11-14-5-2-8-22(14)19(25)13-4-1-3-12(9-13)16-7-6-15(26-16)10-17-18(24)21-20(27)28-17;17-13-12(22-15(21)16-13)7-10-4-5-11(20-10)8-2-1-3-9(6-8)14(18)19/h1,3-4,6-7,9-10,14,23H,2,5,8,11H2,(H,21,24,27);1-7H,(H,18,19)(H,16,17,21)/b17-10-;12-7-/t14-;/m0./s1. The summed E-state index contributed by atoms with van der Waals surface area (Å²) in [5, 5.41) is 23.6. The van der Waals surface area contributed by atoms with E-state index in [2.05, 4.69) is 10.6 Å². The minimum Gasteiger partial charge on any atom is -0.478 e. The number of carboxylic acid groups (broad SMARTS) is 1. The average molecular weight is 746 g/mol. The Bertz CT molecular complexity index is 2100. The third-order valence-electron chi connectivity index (χ3n) is 7.72. The van der Waals surface area contributed by atoms with E-state index in [4.69, 9.17) is 38.4 Å². The molecule has 3 aliphatic heterocycles. The van der Waals surface area contributed by atoms with E-state index in [1.807, 2.05) is 12.1 Å². The van der Waals surface area contributed by atoms with Gasteiger partial charge in [-0.1, -0.05) is 72.2 Å². The fourth-order valence-electron chi connectivity index (χ4n) is 5.34. The summed E-state index contributed by atoms with van der Waals surface area (Å²) in [7, 11) is 0. The van der Waals surface area contributed by atoms with Crippen molar-refractivity contribution in [2.45, 2.75) is 18.9 Å².